The Kier molecular flexibility index (Phi) is 4.12. The summed E-state index contributed by atoms with van der Waals surface area (Å²) in [5.41, 5.74) is 8.96. The van der Waals surface area contributed by atoms with Crippen LogP contribution in [0.3, 0.4) is 0 Å². The van der Waals surface area contributed by atoms with Gasteiger partial charge in [-0.05, 0) is 13.8 Å². The van der Waals surface area contributed by atoms with Gasteiger partial charge in [-0.25, -0.2) is 4.39 Å². The molecule has 0 atom stereocenters. The average molecular weight is 278 g/mol. The van der Waals surface area contributed by atoms with Gasteiger partial charge >= 0.3 is 0 Å². The third-order valence-corrected chi connectivity index (χ3v) is 3.21. The van der Waals surface area contributed by atoms with Crippen molar-refractivity contribution >= 4 is 11.4 Å². The highest BCUT2D eigenvalue weighted by atomic mass is 19.1. The van der Waals surface area contributed by atoms with Gasteiger partial charge in [0, 0.05) is 37.0 Å². The molecular weight excluding hydrogens is 259 g/mol. The Labute approximate surface area is 117 Å². The first-order chi connectivity index (χ1) is 9.52. The van der Waals surface area contributed by atoms with E-state index in [2.05, 4.69) is 10.4 Å². The number of aryl methyl sites for hydroxylation is 1. The molecule has 5 nitrogen and oxygen atoms in total. The van der Waals surface area contributed by atoms with E-state index >= 15 is 0 Å². The Morgan fingerprint density at radius 3 is 2.80 bits per heavy atom. The fourth-order valence-electron chi connectivity index (χ4n) is 1.90. The van der Waals surface area contributed by atoms with Gasteiger partial charge in [-0.15, -0.1) is 0 Å². The third-order valence-electron chi connectivity index (χ3n) is 3.21. The zero-order valence-electron chi connectivity index (χ0n) is 11.9. The van der Waals surface area contributed by atoms with Crippen LogP contribution >= 0.6 is 0 Å². The number of aromatic nitrogens is 2. The van der Waals surface area contributed by atoms with E-state index in [1.807, 2.05) is 20.9 Å². The van der Waals surface area contributed by atoms with Crippen LogP contribution in [0.1, 0.15) is 18.2 Å². The largest absolute Gasteiger partial charge is 0.491 e. The van der Waals surface area contributed by atoms with E-state index in [0.717, 1.165) is 11.3 Å². The summed E-state index contributed by atoms with van der Waals surface area (Å²) < 4.78 is 20.6. The second-order valence-corrected chi connectivity index (χ2v) is 4.54. The van der Waals surface area contributed by atoms with Crippen LogP contribution in [-0.4, -0.2) is 16.4 Å². The molecule has 0 fully saturated rings. The summed E-state index contributed by atoms with van der Waals surface area (Å²) in [7, 11) is 1.89. The van der Waals surface area contributed by atoms with Gasteiger partial charge in [0.25, 0.3) is 0 Å². The minimum Gasteiger partial charge on any atom is -0.491 e. The van der Waals surface area contributed by atoms with Gasteiger partial charge < -0.3 is 15.8 Å². The molecule has 108 valence electrons. The molecule has 0 unspecified atom stereocenters. The number of nitrogen functional groups attached to an aromatic ring is 1. The lowest BCUT2D eigenvalue weighted by Gasteiger charge is -2.12. The molecule has 2 aromatic rings. The Balaban J connectivity index is 2.16. The number of nitrogens with zero attached hydrogens (tertiary/aromatic N) is 2. The zero-order valence-corrected chi connectivity index (χ0v) is 11.9. The third kappa shape index (κ3) is 2.84. The van der Waals surface area contributed by atoms with Crippen molar-refractivity contribution in [2.24, 2.45) is 7.05 Å². The Morgan fingerprint density at radius 2 is 2.20 bits per heavy atom. The molecule has 0 bridgehead atoms. The predicted molar refractivity (Wildman–Crippen MR) is 77.3 cm³/mol. The summed E-state index contributed by atoms with van der Waals surface area (Å²) in [5, 5.41) is 7.36. The zero-order chi connectivity index (χ0) is 14.7. The summed E-state index contributed by atoms with van der Waals surface area (Å²) >= 11 is 0. The fourth-order valence-corrected chi connectivity index (χ4v) is 1.90. The molecule has 6 heteroatoms. The number of benzene rings is 1. The molecule has 0 aliphatic rings. The maximum absolute atomic E-state index is 13.6. The Bertz CT molecular complexity index is 609. The van der Waals surface area contributed by atoms with E-state index in [-0.39, 0.29) is 5.75 Å². The van der Waals surface area contributed by atoms with Crippen molar-refractivity contribution in [3.05, 3.63) is 35.4 Å². The standard InChI is InChI=1S/C14H19FN4O/c1-4-20-14-6-13(12(16)5-11(14)15)17-7-10-8-18-19(3)9(10)2/h5-6,8,17H,4,7,16H2,1-3H3. The molecule has 1 aromatic carbocycles. The maximum atomic E-state index is 13.6. The number of anilines is 2. The van der Waals surface area contributed by atoms with Crippen LogP contribution in [0.4, 0.5) is 15.8 Å². The SMILES string of the molecule is CCOc1cc(NCc2cnn(C)c2C)c(N)cc1F. The molecule has 0 radical (unpaired) electrons. The van der Waals surface area contributed by atoms with Crippen molar-refractivity contribution in [3.63, 3.8) is 0 Å². The molecule has 1 aromatic heterocycles. The van der Waals surface area contributed by atoms with Crippen molar-refractivity contribution in [1.82, 2.24) is 9.78 Å². The molecule has 0 amide bonds. The van der Waals surface area contributed by atoms with Crippen molar-refractivity contribution in [3.8, 4) is 5.75 Å². The highest BCUT2D eigenvalue weighted by molar-refractivity contribution is 5.68. The molecule has 3 N–H and O–H groups in total. The normalized spacial score (nSPS) is 10.6. The highest BCUT2D eigenvalue weighted by Crippen LogP contribution is 2.28. The summed E-state index contributed by atoms with van der Waals surface area (Å²) in [5.74, 6) is -0.250. The summed E-state index contributed by atoms with van der Waals surface area (Å²) in [4.78, 5) is 0. The number of hydrogen-bond acceptors (Lipinski definition) is 4. The van der Waals surface area contributed by atoms with Crippen LogP contribution in [0.5, 0.6) is 5.75 Å². The van der Waals surface area contributed by atoms with E-state index in [1.165, 1.54) is 6.07 Å². The van der Waals surface area contributed by atoms with Gasteiger partial charge in [-0.2, -0.15) is 5.10 Å². The first-order valence-electron chi connectivity index (χ1n) is 6.46. The first-order valence-corrected chi connectivity index (χ1v) is 6.46. The van der Waals surface area contributed by atoms with Crippen LogP contribution in [0, 0.1) is 12.7 Å². The number of nitrogens with two attached hydrogens (primary N) is 1. The molecule has 0 saturated carbocycles. The molecule has 1 heterocycles. The van der Waals surface area contributed by atoms with Crippen molar-refractivity contribution < 1.29 is 9.13 Å². The van der Waals surface area contributed by atoms with E-state index in [4.69, 9.17) is 10.5 Å². The molecule has 0 aliphatic heterocycles. The molecule has 0 aliphatic carbocycles. The minimum absolute atomic E-state index is 0.201. The smallest absolute Gasteiger partial charge is 0.167 e. The van der Waals surface area contributed by atoms with Gasteiger partial charge in [0.1, 0.15) is 0 Å². The van der Waals surface area contributed by atoms with E-state index in [0.29, 0.717) is 24.5 Å². The Hall–Kier alpha value is -2.24. The van der Waals surface area contributed by atoms with E-state index < -0.39 is 5.82 Å². The summed E-state index contributed by atoms with van der Waals surface area (Å²) in [6, 6.07) is 2.85. The maximum Gasteiger partial charge on any atom is 0.167 e. The van der Waals surface area contributed by atoms with Crippen LogP contribution in [0.25, 0.3) is 0 Å². The quantitative estimate of drug-likeness (QED) is 0.825. The second-order valence-electron chi connectivity index (χ2n) is 4.54. The van der Waals surface area contributed by atoms with Gasteiger partial charge in [-0.3, -0.25) is 4.68 Å². The van der Waals surface area contributed by atoms with Crippen LogP contribution in [-0.2, 0) is 13.6 Å². The topological polar surface area (TPSA) is 65.1 Å². The van der Waals surface area contributed by atoms with Crippen molar-refractivity contribution in [2.45, 2.75) is 20.4 Å². The molecule has 0 saturated heterocycles. The summed E-state index contributed by atoms with van der Waals surface area (Å²) in [6.45, 7) is 4.77. The van der Waals surface area contributed by atoms with Gasteiger partial charge in [0.05, 0.1) is 24.2 Å². The van der Waals surface area contributed by atoms with Gasteiger partial charge in [-0.1, -0.05) is 0 Å². The number of halogens is 1. The number of hydrogen-bond donors (Lipinski definition) is 2. The lowest BCUT2D eigenvalue weighted by Crippen LogP contribution is -2.05. The molecule has 2 rings (SSSR count). The predicted octanol–water partition coefficient (Wildman–Crippen LogP) is 2.46. The van der Waals surface area contributed by atoms with Crippen molar-refractivity contribution in [1.29, 1.82) is 0 Å². The van der Waals surface area contributed by atoms with E-state index in [1.54, 1.807) is 16.9 Å². The second kappa shape index (κ2) is 5.81. The van der Waals surface area contributed by atoms with E-state index in [9.17, 15) is 4.39 Å². The van der Waals surface area contributed by atoms with Crippen molar-refractivity contribution in [2.75, 3.05) is 17.7 Å². The summed E-state index contributed by atoms with van der Waals surface area (Å²) in [6.07, 6.45) is 1.80. The van der Waals surface area contributed by atoms with Crippen LogP contribution in [0.15, 0.2) is 18.3 Å². The average Bonchev–Trinajstić information content (AvgIpc) is 2.72. The first kappa shape index (κ1) is 14.2. The molecular formula is C14H19FN4O. The highest BCUT2D eigenvalue weighted by Gasteiger charge is 2.10. The van der Waals surface area contributed by atoms with Crippen LogP contribution in [0.2, 0.25) is 0 Å². The molecule has 0 spiro atoms. The Morgan fingerprint density at radius 1 is 1.45 bits per heavy atom. The van der Waals surface area contributed by atoms with Gasteiger partial charge in [0.15, 0.2) is 11.6 Å². The lowest BCUT2D eigenvalue weighted by molar-refractivity contribution is 0.322. The number of ether oxygens (including phenoxy) is 1. The minimum atomic E-state index is -0.451. The number of nitrogens with one attached hydrogen (secondary N) is 1. The fraction of sp³-hybridized carbons (Fsp3) is 0.357. The van der Waals surface area contributed by atoms with Gasteiger partial charge in [0.2, 0.25) is 0 Å². The molecule has 20 heavy (non-hydrogen) atoms. The monoisotopic (exact) mass is 278 g/mol. The lowest BCUT2D eigenvalue weighted by atomic mass is 10.2. The van der Waals surface area contributed by atoms with Crippen LogP contribution < -0.4 is 15.8 Å². The number of rotatable bonds is 5.